The van der Waals surface area contributed by atoms with Crippen LogP contribution in [-0.2, 0) is 22.5 Å². The highest BCUT2D eigenvalue weighted by Gasteiger charge is 2.17. The average molecular weight is 457 g/mol. The smallest absolute Gasteiger partial charge is 0.325 e. The summed E-state index contributed by atoms with van der Waals surface area (Å²) in [5.74, 6) is 0.305. The van der Waals surface area contributed by atoms with E-state index in [-0.39, 0.29) is 12.5 Å². The number of anilines is 1. The summed E-state index contributed by atoms with van der Waals surface area (Å²) in [6, 6.07) is 20.2. The number of pyridine rings is 1. The van der Waals surface area contributed by atoms with Gasteiger partial charge in [0.1, 0.15) is 6.54 Å². The molecule has 0 aliphatic heterocycles. The van der Waals surface area contributed by atoms with Crippen molar-refractivity contribution in [1.29, 1.82) is 0 Å². The molecular weight excluding hydrogens is 428 g/mol. The van der Waals surface area contributed by atoms with Crippen molar-refractivity contribution in [3.63, 3.8) is 0 Å². The largest absolute Gasteiger partial charge is 0.465 e. The van der Waals surface area contributed by atoms with Crippen molar-refractivity contribution in [2.45, 2.75) is 33.2 Å². The zero-order valence-corrected chi connectivity index (χ0v) is 19.4. The van der Waals surface area contributed by atoms with Gasteiger partial charge in [-0.1, -0.05) is 61.9 Å². The van der Waals surface area contributed by atoms with E-state index in [1.54, 1.807) is 6.20 Å². The Balaban J connectivity index is 1.61. The number of aromatic nitrogens is 5. The standard InChI is InChI=1S/C26H28N6O2/c1-3-8-23-24(11-7-16-27-23)32(18-25(33)34-4-2)17-19-12-14-20(15-13-19)21-9-5-6-10-22(21)26-28-30-31-29-26/h5-7,9-16H,3-4,8,17-18H2,1-2H3,(H,28,29,30,31). The lowest BCUT2D eigenvalue weighted by Gasteiger charge is -2.26. The summed E-state index contributed by atoms with van der Waals surface area (Å²) in [6.07, 6.45) is 3.63. The van der Waals surface area contributed by atoms with Gasteiger partial charge >= 0.3 is 5.97 Å². The molecule has 4 rings (SSSR count). The molecule has 0 spiro atoms. The molecule has 4 aromatic rings. The van der Waals surface area contributed by atoms with Gasteiger partial charge in [0.05, 0.1) is 18.0 Å². The van der Waals surface area contributed by atoms with Crippen molar-refractivity contribution in [3.8, 4) is 22.5 Å². The number of hydrogen-bond acceptors (Lipinski definition) is 7. The van der Waals surface area contributed by atoms with Gasteiger partial charge < -0.3 is 9.64 Å². The molecule has 0 saturated heterocycles. The molecule has 8 nitrogen and oxygen atoms in total. The molecule has 0 aliphatic carbocycles. The molecule has 2 aromatic carbocycles. The monoisotopic (exact) mass is 456 g/mol. The predicted octanol–water partition coefficient (Wildman–Crippen LogP) is 4.45. The number of aromatic amines is 1. The number of esters is 1. The molecule has 174 valence electrons. The minimum absolute atomic E-state index is 0.165. The summed E-state index contributed by atoms with van der Waals surface area (Å²) in [4.78, 5) is 19.0. The number of aryl methyl sites for hydroxylation is 1. The van der Waals surface area contributed by atoms with Crippen LogP contribution in [0.1, 0.15) is 31.5 Å². The van der Waals surface area contributed by atoms with Crippen LogP contribution < -0.4 is 4.90 Å². The van der Waals surface area contributed by atoms with Crippen molar-refractivity contribution in [2.24, 2.45) is 0 Å². The molecule has 0 atom stereocenters. The van der Waals surface area contributed by atoms with Gasteiger partial charge in [0.15, 0.2) is 0 Å². The molecule has 0 aliphatic rings. The Morgan fingerprint density at radius 2 is 1.79 bits per heavy atom. The van der Waals surface area contributed by atoms with Crippen LogP contribution in [0.15, 0.2) is 66.9 Å². The number of nitrogens with one attached hydrogen (secondary N) is 1. The van der Waals surface area contributed by atoms with Crippen LogP contribution in [0.5, 0.6) is 0 Å². The summed E-state index contributed by atoms with van der Waals surface area (Å²) in [5.41, 5.74) is 6.01. The van der Waals surface area contributed by atoms with Gasteiger partial charge in [-0.25, -0.2) is 0 Å². The second-order valence-electron chi connectivity index (χ2n) is 7.86. The number of carbonyl (C=O) groups excluding carboxylic acids is 1. The second-order valence-corrected chi connectivity index (χ2v) is 7.86. The lowest BCUT2D eigenvalue weighted by Crippen LogP contribution is -2.31. The number of hydrogen-bond donors (Lipinski definition) is 1. The average Bonchev–Trinajstić information content (AvgIpc) is 3.40. The molecule has 0 bridgehead atoms. The molecule has 0 radical (unpaired) electrons. The molecular formula is C26H28N6O2. The van der Waals surface area contributed by atoms with E-state index >= 15 is 0 Å². The number of nitrogens with zero attached hydrogens (tertiary/aromatic N) is 5. The van der Waals surface area contributed by atoms with Crippen molar-refractivity contribution in [2.75, 3.05) is 18.1 Å². The Morgan fingerprint density at radius 3 is 2.50 bits per heavy atom. The van der Waals surface area contributed by atoms with Crippen molar-refractivity contribution in [1.82, 2.24) is 25.6 Å². The van der Waals surface area contributed by atoms with Crippen LogP contribution in [0.3, 0.4) is 0 Å². The molecule has 0 amide bonds. The quantitative estimate of drug-likeness (QED) is 0.352. The number of rotatable bonds is 10. The maximum atomic E-state index is 12.4. The normalized spacial score (nSPS) is 10.8. The minimum Gasteiger partial charge on any atom is -0.465 e. The molecule has 2 aromatic heterocycles. The van der Waals surface area contributed by atoms with Gasteiger partial charge in [-0.2, -0.15) is 5.21 Å². The molecule has 0 saturated carbocycles. The molecule has 0 unspecified atom stereocenters. The second kappa shape index (κ2) is 11.2. The van der Waals surface area contributed by atoms with Crippen LogP contribution in [-0.4, -0.2) is 44.7 Å². The van der Waals surface area contributed by atoms with Crippen molar-refractivity contribution in [3.05, 3.63) is 78.1 Å². The van der Waals surface area contributed by atoms with Crippen molar-refractivity contribution >= 4 is 11.7 Å². The maximum absolute atomic E-state index is 12.4. The van der Waals surface area contributed by atoms with Crippen LogP contribution in [0, 0.1) is 0 Å². The lowest BCUT2D eigenvalue weighted by atomic mass is 9.98. The van der Waals surface area contributed by atoms with Crippen molar-refractivity contribution < 1.29 is 9.53 Å². The van der Waals surface area contributed by atoms with E-state index in [4.69, 9.17) is 4.74 Å². The fourth-order valence-corrected chi connectivity index (χ4v) is 3.95. The van der Waals surface area contributed by atoms with E-state index in [0.717, 1.165) is 46.5 Å². The Hall–Kier alpha value is -4.07. The third-order valence-corrected chi connectivity index (χ3v) is 5.47. The van der Waals surface area contributed by atoms with Gasteiger partial charge in [-0.15, -0.1) is 10.2 Å². The predicted molar refractivity (Wildman–Crippen MR) is 131 cm³/mol. The van der Waals surface area contributed by atoms with Gasteiger partial charge in [0, 0.05) is 18.3 Å². The van der Waals surface area contributed by atoms with E-state index in [1.165, 1.54) is 0 Å². The van der Waals surface area contributed by atoms with Gasteiger partial charge in [0.2, 0.25) is 5.82 Å². The van der Waals surface area contributed by atoms with E-state index in [1.807, 2.05) is 48.2 Å². The van der Waals surface area contributed by atoms with E-state index in [9.17, 15) is 4.79 Å². The first kappa shape index (κ1) is 23.1. The SMILES string of the molecule is CCCc1ncccc1N(CC(=O)OCC)Cc1ccc(-c2ccccc2-c2nn[nH]n2)cc1. The Kier molecular flexibility index (Phi) is 7.60. The fraction of sp³-hybridized carbons (Fsp3) is 0.269. The highest BCUT2D eigenvalue weighted by atomic mass is 16.5. The highest BCUT2D eigenvalue weighted by molar-refractivity contribution is 5.80. The van der Waals surface area contributed by atoms with Crippen LogP contribution in [0.4, 0.5) is 5.69 Å². The Morgan fingerprint density at radius 1 is 1.00 bits per heavy atom. The zero-order valence-electron chi connectivity index (χ0n) is 19.4. The molecule has 0 fully saturated rings. The topological polar surface area (TPSA) is 96.9 Å². The summed E-state index contributed by atoms with van der Waals surface area (Å²) >= 11 is 0. The van der Waals surface area contributed by atoms with Crippen LogP contribution in [0.25, 0.3) is 22.5 Å². The first-order chi connectivity index (χ1) is 16.7. The molecule has 34 heavy (non-hydrogen) atoms. The summed E-state index contributed by atoms with van der Waals surface area (Å²) in [5, 5.41) is 14.4. The first-order valence-electron chi connectivity index (χ1n) is 11.5. The number of ether oxygens (including phenoxy) is 1. The summed E-state index contributed by atoms with van der Waals surface area (Å²) < 4.78 is 5.24. The Labute approximate surface area is 199 Å². The molecule has 2 heterocycles. The third kappa shape index (κ3) is 5.46. The summed E-state index contributed by atoms with van der Waals surface area (Å²) in [6.45, 7) is 5.03. The number of H-pyrrole nitrogens is 1. The van der Waals surface area contributed by atoms with Gasteiger partial charge in [-0.3, -0.25) is 9.78 Å². The minimum atomic E-state index is -0.250. The van der Waals surface area contributed by atoms with Gasteiger partial charge in [0.25, 0.3) is 0 Å². The third-order valence-electron chi connectivity index (χ3n) is 5.47. The number of carbonyl (C=O) groups is 1. The number of benzene rings is 2. The molecule has 1 N–H and O–H groups in total. The first-order valence-corrected chi connectivity index (χ1v) is 11.5. The maximum Gasteiger partial charge on any atom is 0.325 e. The van der Waals surface area contributed by atoms with Crippen LogP contribution in [0.2, 0.25) is 0 Å². The summed E-state index contributed by atoms with van der Waals surface area (Å²) in [7, 11) is 0. The zero-order chi connectivity index (χ0) is 23.8. The molecule has 8 heteroatoms. The van der Waals surface area contributed by atoms with Crippen LogP contribution >= 0.6 is 0 Å². The van der Waals surface area contributed by atoms with E-state index in [0.29, 0.717) is 19.0 Å². The Bertz CT molecular complexity index is 1210. The fourth-order valence-electron chi connectivity index (χ4n) is 3.95. The highest BCUT2D eigenvalue weighted by Crippen LogP contribution is 2.30. The lowest BCUT2D eigenvalue weighted by molar-refractivity contribution is -0.141. The number of tetrazole rings is 1. The van der Waals surface area contributed by atoms with E-state index in [2.05, 4.69) is 56.8 Å². The van der Waals surface area contributed by atoms with Gasteiger partial charge in [-0.05, 0) is 47.4 Å². The van der Waals surface area contributed by atoms with E-state index < -0.39 is 0 Å².